The fourth-order valence-corrected chi connectivity index (χ4v) is 4.72. The first-order chi connectivity index (χ1) is 12.1. The van der Waals surface area contributed by atoms with Crippen molar-refractivity contribution in [2.45, 2.75) is 24.2 Å². The van der Waals surface area contributed by atoms with Crippen molar-refractivity contribution >= 4 is 21.6 Å². The molecule has 1 amide bonds. The summed E-state index contributed by atoms with van der Waals surface area (Å²) in [6.07, 6.45) is 3.61. The number of likely N-dealkylation sites (tertiary alicyclic amines) is 1. The number of piperidine rings is 1. The number of nitrogens with zero attached hydrogens (tertiary/aromatic N) is 1. The van der Waals surface area contributed by atoms with Gasteiger partial charge in [0, 0.05) is 18.8 Å². The molecule has 2 heterocycles. The third-order valence-electron chi connectivity index (χ3n) is 4.72. The second-order valence-corrected chi connectivity index (χ2v) is 8.51. The van der Waals surface area contributed by atoms with E-state index in [9.17, 15) is 13.2 Å². The van der Waals surface area contributed by atoms with Gasteiger partial charge in [-0.15, -0.1) is 0 Å². The molecule has 2 fully saturated rings. The molecule has 3 rings (SSSR count). The van der Waals surface area contributed by atoms with E-state index < -0.39 is 10.0 Å². The average Bonchev–Trinajstić information content (AvgIpc) is 2.63. The van der Waals surface area contributed by atoms with Crippen LogP contribution in [0.4, 0.5) is 5.69 Å². The lowest BCUT2D eigenvalue weighted by Gasteiger charge is -2.26. The third-order valence-corrected chi connectivity index (χ3v) is 6.63. The molecule has 1 aromatic rings. The molecule has 2 aliphatic rings. The summed E-state index contributed by atoms with van der Waals surface area (Å²) in [5, 5.41) is 2.86. The Morgan fingerprint density at radius 1 is 1.08 bits per heavy atom. The number of carbonyl (C=O) groups is 1. The van der Waals surface area contributed by atoms with Crippen molar-refractivity contribution < 1.29 is 22.8 Å². The van der Waals surface area contributed by atoms with Crippen LogP contribution in [0.3, 0.4) is 0 Å². The predicted octanol–water partition coefficient (Wildman–Crippen LogP) is -0.285. The van der Waals surface area contributed by atoms with Crippen LogP contribution in [0.15, 0.2) is 29.2 Å². The molecular weight excluding hydrogens is 342 g/mol. The molecule has 0 saturated carbocycles. The maximum absolute atomic E-state index is 12.6. The molecule has 0 spiro atoms. The van der Waals surface area contributed by atoms with Gasteiger partial charge < -0.3 is 15.0 Å². The van der Waals surface area contributed by atoms with Crippen LogP contribution in [0, 0.1) is 0 Å². The zero-order valence-electron chi connectivity index (χ0n) is 14.4. The summed E-state index contributed by atoms with van der Waals surface area (Å²) >= 11 is 0. The van der Waals surface area contributed by atoms with Crippen molar-refractivity contribution in [2.75, 3.05) is 51.3 Å². The summed E-state index contributed by atoms with van der Waals surface area (Å²) < 4.78 is 31.8. The molecule has 2 N–H and O–H groups in total. The smallest absolute Gasteiger partial charge is 0.279 e. The molecule has 0 unspecified atom stereocenters. The van der Waals surface area contributed by atoms with Gasteiger partial charge in [0.05, 0.1) is 31.2 Å². The summed E-state index contributed by atoms with van der Waals surface area (Å²) in [5.74, 6) is -0.0271. The van der Waals surface area contributed by atoms with Crippen LogP contribution in [-0.4, -0.2) is 64.6 Å². The minimum atomic E-state index is -3.49. The maximum atomic E-state index is 12.6. The van der Waals surface area contributed by atoms with Crippen LogP contribution in [0.5, 0.6) is 0 Å². The second kappa shape index (κ2) is 8.27. The number of amides is 1. The second-order valence-electron chi connectivity index (χ2n) is 6.58. The fraction of sp³-hybridized carbons (Fsp3) is 0.588. The minimum absolute atomic E-state index is 0.0271. The van der Waals surface area contributed by atoms with Gasteiger partial charge in [-0.2, -0.15) is 4.31 Å². The lowest BCUT2D eigenvalue weighted by atomic mass is 10.1. The van der Waals surface area contributed by atoms with E-state index in [1.54, 1.807) is 24.3 Å². The van der Waals surface area contributed by atoms with E-state index in [2.05, 4.69) is 5.32 Å². The van der Waals surface area contributed by atoms with E-state index in [-0.39, 0.29) is 10.8 Å². The predicted molar refractivity (Wildman–Crippen MR) is 94.1 cm³/mol. The van der Waals surface area contributed by atoms with Crippen molar-refractivity contribution in [1.82, 2.24) is 4.31 Å². The number of hydrogen-bond acceptors (Lipinski definition) is 4. The van der Waals surface area contributed by atoms with Gasteiger partial charge in [-0.3, -0.25) is 4.79 Å². The standard InChI is InChI=1S/C17H25N3O4S/c21-17(14-19-8-2-1-3-9-19)18-15-4-6-16(7-5-15)25(22,23)20-10-12-24-13-11-20/h4-7H,1-3,8-14H2,(H,18,21)/p+1. The van der Waals surface area contributed by atoms with Crippen molar-refractivity contribution in [2.24, 2.45) is 0 Å². The Morgan fingerprint density at radius 2 is 1.72 bits per heavy atom. The van der Waals surface area contributed by atoms with Gasteiger partial charge in [-0.05, 0) is 43.5 Å². The number of sulfonamides is 1. The van der Waals surface area contributed by atoms with Crippen molar-refractivity contribution in [3.05, 3.63) is 24.3 Å². The summed E-state index contributed by atoms with van der Waals surface area (Å²) in [5.41, 5.74) is 0.627. The van der Waals surface area contributed by atoms with Crippen LogP contribution in [0.25, 0.3) is 0 Å². The average molecular weight is 368 g/mol. The largest absolute Gasteiger partial charge is 0.379 e. The quantitative estimate of drug-likeness (QED) is 0.749. The van der Waals surface area contributed by atoms with Crippen molar-refractivity contribution in [3.8, 4) is 0 Å². The van der Waals surface area contributed by atoms with Gasteiger partial charge in [0.25, 0.3) is 5.91 Å². The molecule has 8 heteroatoms. The number of rotatable bonds is 5. The first-order valence-electron chi connectivity index (χ1n) is 8.87. The highest BCUT2D eigenvalue weighted by Crippen LogP contribution is 2.19. The summed E-state index contributed by atoms with van der Waals surface area (Å²) in [6, 6.07) is 6.40. The summed E-state index contributed by atoms with van der Waals surface area (Å²) in [4.78, 5) is 13.7. The van der Waals surface area contributed by atoms with E-state index in [1.807, 2.05) is 0 Å². The van der Waals surface area contributed by atoms with Gasteiger partial charge in [0.2, 0.25) is 10.0 Å². The van der Waals surface area contributed by atoms with E-state index >= 15 is 0 Å². The molecule has 7 nitrogen and oxygen atoms in total. The minimum Gasteiger partial charge on any atom is -0.379 e. The van der Waals surface area contributed by atoms with Crippen LogP contribution in [0.1, 0.15) is 19.3 Å². The number of carbonyl (C=O) groups excluding carboxylic acids is 1. The molecule has 0 aliphatic carbocycles. The molecule has 2 aliphatic heterocycles. The lowest BCUT2D eigenvalue weighted by molar-refractivity contribution is -0.896. The van der Waals surface area contributed by atoms with E-state index in [4.69, 9.17) is 4.74 Å². The molecule has 0 bridgehead atoms. The topological polar surface area (TPSA) is 80.2 Å². The Kier molecular flexibility index (Phi) is 6.06. The maximum Gasteiger partial charge on any atom is 0.279 e. The zero-order valence-corrected chi connectivity index (χ0v) is 15.2. The van der Waals surface area contributed by atoms with E-state index in [0.29, 0.717) is 38.5 Å². The number of morpholine rings is 1. The van der Waals surface area contributed by atoms with Crippen LogP contribution >= 0.6 is 0 Å². The summed E-state index contributed by atoms with van der Waals surface area (Å²) in [7, 11) is -3.49. The zero-order chi connectivity index (χ0) is 17.7. The molecule has 1 aromatic carbocycles. The van der Waals surface area contributed by atoms with Gasteiger partial charge in [-0.1, -0.05) is 0 Å². The molecule has 0 atom stereocenters. The van der Waals surface area contributed by atoms with Crippen molar-refractivity contribution in [3.63, 3.8) is 0 Å². The normalized spacial score (nSPS) is 20.3. The van der Waals surface area contributed by atoms with Crippen LogP contribution in [-0.2, 0) is 19.6 Å². The molecule has 138 valence electrons. The Labute approximate surface area is 149 Å². The highest BCUT2D eigenvalue weighted by molar-refractivity contribution is 7.89. The van der Waals surface area contributed by atoms with Gasteiger partial charge in [0.15, 0.2) is 6.54 Å². The molecule has 25 heavy (non-hydrogen) atoms. The number of quaternary nitrogens is 1. The van der Waals surface area contributed by atoms with Gasteiger partial charge >= 0.3 is 0 Å². The highest BCUT2D eigenvalue weighted by Gasteiger charge is 2.26. The first-order valence-corrected chi connectivity index (χ1v) is 10.3. The SMILES string of the molecule is O=C(C[NH+]1CCCCC1)Nc1ccc(S(=O)(=O)N2CCOCC2)cc1. The van der Waals surface area contributed by atoms with E-state index in [0.717, 1.165) is 13.1 Å². The van der Waals surface area contributed by atoms with Crippen molar-refractivity contribution in [1.29, 1.82) is 0 Å². The lowest BCUT2D eigenvalue weighted by Crippen LogP contribution is -3.13. The first kappa shape index (κ1) is 18.3. The Hall–Kier alpha value is -1.48. The molecule has 2 saturated heterocycles. The number of nitrogens with one attached hydrogen (secondary N) is 2. The third kappa shape index (κ3) is 4.78. The monoisotopic (exact) mass is 368 g/mol. The molecular formula is C17H26N3O4S+. The highest BCUT2D eigenvalue weighted by atomic mass is 32.2. The van der Waals surface area contributed by atoms with Crippen LogP contribution in [0.2, 0.25) is 0 Å². The fourth-order valence-electron chi connectivity index (χ4n) is 3.31. The van der Waals surface area contributed by atoms with Gasteiger partial charge in [0.1, 0.15) is 0 Å². The Morgan fingerprint density at radius 3 is 2.36 bits per heavy atom. The number of ether oxygens (including phenoxy) is 1. The summed E-state index contributed by atoms with van der Waals surface area (Å²) in [6.45, 7) is 4.15. The number of benzene rings is 1. The Balaban J connectivity index is 1.58. The molecule has 0 aromatic heterocycles. The Bertz CT molecular complexity index is 678. The van der Waals surface area contributed by atoms with Crippen LogP contribution < -0.4 is 10.2 Å². The van der Waals surface area contributed by atoms with Gasteiger partial charge in [-0.25, -0.2) is 8.42 Å². The molecule has 0 radical (unpaired) electrons. The number of hydrogen-bond donors (Lipinski definition) is 2. The number of anilines is 1. The van der Waals surface area contributed by atoms with E-state index in [1.165, 1.54) is 28.5 Å².